The molecule has 2 heteroatoms. The van der Waals surface area contributed by atoms with Gasteiger partial charge in [-0.3, -0.25) is 4.98 Å². The molecular weight excluding hydrogens is 232 g/mol. The molecule has 1 atom stereocenters. The molecule has 1 aromatic heterocycles. The number of rotatable bonds is 1. The fraction of sp³-hybridized carbons (Fsp3) is 0.471. The van der Waals surface area contributed by atoms with Gasteiger partial charge in [-0.2, -0.15) is 0 Å². The van der Waals surface area contributed by atoms with Crippen molar-refractivity contribution < 1.29 is 0 Å². The first-order valence-electron chi connectivity index (χ1n) is 7.17. The van der Waals surface area contributed by atoms with Crippen LogP contribution in [0.2, 0.25) is 0 Å². The minimum Gasteiger partial charge on any atom is -0.321 e. The van der Waals surface area contributed by atoms with E-state index in [0.717, 1.165) is 11.9 Å². The Labute approximate surface area is 115 Å². The minimum atomic E-state index is -0.213. The molecule has 0 amide bonds. The lowest BCUT2D eigenvalue weighted by Gasteiger charge is -2.48. The molecule has 19 heavy (non-hydrogen) atoms. The second kappa shape index (κ2) is 4.31. The van der Waals surface area contributed by atoms with Crippen LogP contribution in [0.4, 0.5) is 0 Å². The summed E-state index contributed by atoms with van der Waals surface area (Å²) in [5.74, 6) is 0. The molecule has 2 nitrogen and oxygen atoms in total. The molecule has 0 spiro atoms. The third-order valence-corrected chi connectivity index (χ3v) is 4.95. The number of hydrogen-bond acceptors (Lipinski definition) is 2. The van der Waals surface area contributed by atoms with Crippen molar-refractivity contribution >= 4 is 10.9 Å². The van der Waals surface area contributed by atoms with Crippen LogP contribution in [0, 0.1) is 5.41 Å². The van der Waals surface area contributed by atoms with Crippen LogP contribution in [0.3, 0.4) is 0 Å². The molecule has 1 unspecified atom stereocenters. The first-order chi connectivity index (χ1) is 9.03. The molecule has 100 valence electrons. The van der Waals surface area contributed by atoms with Gasteiger partial charge in [0.1, 0.15) is 0 Å². The highest BCUT2D eigenvalue weighted by atomic mass is 14.8. The SMILES string of the molecule is CC1(C)CCCCC1(N)c1ccc2ncccc2c1. The van der Waals surface area contributed by atoms with Gasteiger partial charge in [-0.1, -0.05) is 38.8 Å². The maximum absolute atomic E-state index is 6.83. The smallest absolute Gasteiger partial charge is 0.0702 e. The molecule has 1 aliphatic rings. The van der Waals surface area contributed by atoms with Gasteiger partial charge in [-0.05, 0) is 42.0 Å². The van der Waals surface area contributed by atoms with Crippen LogP contribution in [-0.4, -0.2) is 4.98 Å². The Morgan fingerprint density at radius 1 is 1.11 bits per heavy atom. The lowest BCUT2D eigenvalue weighted by molar-refractivity contribution is 0.0980. The second-order valence-corrected chi connectivity index (χ2v) is 6.47. The van der Waals surface area contributed by atoms with Gasteiger partial charge in [0.2, 0.25) is 0 Å². The summed E-state index contributed by atoms with van der Waals surface area (Å²) in [5, 5.41) is 1.19. The van der Waals surface area contributed by atoms with Crippen LogP contribution in [0.15, 0.2) is 36.5 Å². The molecule has 0 saturated heterocycles. The Kier molecular flexibility index (Phi) is 2.86. The van der Waals surface area contributed by atoms with Crippen molar-refractivity contribution in [1.29, 1.82) is 0 Å². The number of nitrogens with zero attached hydrogens (tertiary/aromatic N) is 1. The Morgan fingerprint density at radius 3 is 2.68 bits per heavy atom. The van der Waals surface area contributed by atoms with Crippen molar-refractivity contribution in [3.05, 3.63) is 42.1 Å². The number of benzene rings is 1. The zero-order valence-electron chi connectivity index (χ0n) is 11.8. The van der Waals surface area contributed by atoms with Crippen LogP contribution in [0.25, 0.3) is 10.9 Å². The summed E-state index contributed by atoms with van der Waals surface area (Å²) in [5.41, 5.74) is 9.08. The van der Waals surface area contributed by atoms with Crippen LogP contribution >= 0.6 is 0 Å². The molecule has 1 fully saturated rings. The van der Waals surface area contributed by atoms with E-state index in [1.165, 1.54) is 30.2 Å². The summed E-state index contributed by atoms with van der Waals surface area (Å²) in [6.07, 6.45) is 6.64. The van der Waals surface area contributed by atoms with Crippen molar-refractivity contribution in [2.24, 2.45) is 11.1 Å². The van der Waals surface area contributed by atoms with Gasteiger partial charge in [0.15, 0.2) is 0 Å². The third kappa shape index (κ3) is 1.95. The van der Waals surface area contributed by atoms with Crippen molar-refractivity contribution in [2.45, 2.75) is 45.1 Å². The number of fused-ring (bicyclic) bond motifs is 1. The molecule has 2 N–H and O–H groups in total. The highest BCUT2D eigenvalue weighted by Gasteiger charge is 2.44. The summed E-state index contributed by atoms with van der Waals surface area (Å²) in [7, 11) is 0. The van der Waals surface area contributed by atoms with Gasteiger partial charge in [0, 0.05) is 17.1 Å². The number of hydrogen-bond donors (Lipinski definition) is 1. The molecule has 0 radical (unpaired) electrons. The Hall–Kier alpha value is -1.41. The van der Waals surface area contributed by atoms with E-state index in [9.17, 15) is 0 Å². The van der Waals surface area contributed by atoms with E-state index in [1.54, 1.807) is 0 Å². The molecule has 1 aliphatic carbocycles. The van der Waals surface area contributed by atoms with Gasteiger partial charge in [0.05, 0.1) is 5.52 Å². The summed E-state index contributed by atoms with van der Waals surface area (Å²) in [6, 6.07) is 10.6. The fourth-order valence-corrected chi connectivity index (χ4v) is 3.42. The maximum atomic E-state index is 6.83. The predicted molar refractivity (Wildman–Crippen MR) is 79.9 cm³/mol. The predicted octanol–water partition coefficient (Wildman–Crippen LogP) is 3.99. The van der Waals surface area contributed by atoms with E-state index < -0.39 is 0 Å². The van der Waals surface area contributed by atoms with E-state index in [0.29, 0.717) is 0 Å². The van der Waals surface area contributed by atoms with Gasteiger partial charge in [-0.25, -0.2) is 0 Å². The van der Waals surface area contributed by atoms with Gasteiger partial charge in [-0.15, -0.1) is 0 Å². The molecule has 0 aliphatic heterocycles. The van der Waals surface area contributed by atoms with E-state index in [1.807, 2.05) is 12.3 Å². The quantitative estimate of drug-likeness (QED) is 0.835. The van der Waals surface area contributed by atoms with Crippen molar-refractivity contribution in [1.82, 2.24) is 4.98 Å². The molecule has 1 heterocycles. The molecule has 1 aromatic carbocycles. The number of nitrogens with two attached hydrogens (primary N) is 1. The van der Waals surface area contributed by atoms with Crippen LogP contribution in [0.1, 0.15) is 45.1 Å². The summed E-state index contributed by atoms with van der Waals surface area (Å²) >= 11 is 0. The lowest BCUT2D eigenvalue weighted by atomic mass is 9.61. The lowest BCUT2D eigenvalue weighted by Crippen LogP contribution is -2.51. The highest BCUT2D eigenvalue weighted by molar-refractivity contribution is 5.79. The highest BCUT2D eigenvalue weighted by Crippen LogP contribution is 2.48. The molecule has 0 bridgehead atoms. The van der Waals surface area contributed by atoms with Crippen molar-refractivity contribution in [2.75, 3.05) is 0 Å². The monoisotopic (exact) mass is 254 g/mol. The zero-order valence-corrected chi connectivity index (χ0v) is 11.8. The normalized spacial score (nSPS) is 26.5. The molecular formula is C17H22N2. The van der Waals surface area contributed by atoms with E-state index in [-0.39, 0.29) is 11.0 Å². The summed E-state index contributed by atoms with van der Waals surface area (Å²) < 4.78 is 0. The zero-order chi connectivity index (χ0) is 13.5. The van der Waals surface area contributed by atoms with E-state index >= 15 is 0 Å². The van der Waals surface area contributed by atoms with Crippen LogP contribution < -0.4 is 5.73 Å². The Balaban J connectivity index is 2.12. The van der Waals surface area contributed by atoms with Crippen molar-refractivity contribution in [3.63, 3.8) is 0 Å². The van der Waals surface area contributed by atoms with E-state index in [4.69, 9.17) is 5.73 Å². The summed E-state index contributed by atoms with van der Waals surface area (Å²) in [4.78, 5) is 4.39. The standard InChI is InChI=1S/C17H22N2/c1-16(2)9-3-4-10-17(16,18)14-7-8-15-13(12-14)6-5-11-19-15/h5-8,11-12H,3-4,9-10,18H2,1-2H3. The number of aromatic nitrogens is 1. The van der Waals surface area contributed by atoms with E-state index in [2.05, 4.69) is 43.1 Å². The minimum absolute atomic E-state index is 0.154. The second-order valence-electron chi connectivity index (χ2n) is 6.47. The average molecular weight is 254 g/mol. The average Bonchev–Trinajstić information content (AvgIpc) is 2.41. The molecule has 2 aromatic rings. The number of pyridine rings is 1. The first-order valence-corrected chi connectivity index (χ1v) is 7.17. The van der Waals surface area contributed by atoms with Crippen molar-refractivity contribution in [3.8, 4) is 0 Å². The van der Waals surface area contributed by atoms with Gasteiger partial charge in [0.25, 0.3) is 0 Å². The topological polar surface area (TPSA) is 38.9 Å². The molecule has 3 rings (SSSR count). The largest absolute Gasteiger partial charge is 0.321 e. The Morgan fingerprint density at radius 2 is 1.89 bits per heavy atom. The van der Waals surface area contributed by atoms with Crippen LogP contribution in [0.5, 0.6) is 0 Å². The Bertz CT molecular complexity index is 603. The first kappa shape index (κ1) is 12.6. The molecule has 1 saturated carbocycles. The van der Waals surface area contributed by atoms with Gasteiger partial charge < -0.3 is 5.73 Å². The summed E-state index contributed by atoms with van der Waals surface area (Å²) in [6.45, 7) is 4.61. The fourth-order valence-electron chi connectivity index (χ4n) is 3.42. The van der Waals surface area contributed by atoms with Gasteiger partial charge >= 0.3 is 0 Å². The van der Waals surface area contributed by atoms with Crippen LogP contribution in [-0.2, 0) is 5.54 Å². The maximum Gasteiger partial charge on any atom is 0.0702 e. The third-order valence-electron chi connectivity index (χ3n) is 4.95.